The Balaban J connectivity index is 2.44. The minimum atomic E-state index is -0.584. The minimum absolute atomic E-state index is 0.0541. The number of imidazole rings is 1. The van der Waals surface area contributed by atoms with Crippen molar-refractivity contribution in [1.82, 2.24) is 19.9 Å². The molecule has 3 N–H and O–H groups in total. The van der Waals surface area contributed by atoms with Crippen LogP contribution in [0.25, 0.3) is 11.2 Å². The number of aromatic nitrogens is 4. The van der Waals surface area contributed by atoms with E-state index >= 15 is 0 Å². The molecule has 0 saturated heterocycles. The highest BCUT2D eigenvalue weighted by Gasteiger charge is 2.08. The Bertz CT molecular complexity index is 443. The molecule has 0 aliphatic heterocycles. The molecule has 0 spiro atoms. The van der Waals surface area contributed by atoms with E-state index in [-0.39, 0.29) is 18.4 Å². The fourth-order valence-electron chi connectivity index (χ4n) is 1.06. The number of H-pyrrole nitrogens is 1. The molecule has 0 fully saturated rings. The zero-order valence-corrected chi connectivity index (χ0v) is 7.20. The van der Waals surface area contributed by atoms with Gasteiger partial charge in [-0.25, -0.2) is 9.37 Å². The number of nitrogens with zero attached hydrogens (tertiary/aromatic N) is 3. The van der Waals surface area contributed by atoms with E-state index in [1.54, 1.807) is 0 Å². The SMILES string of the molecule is Nc1nc(OCCF)c2[nH]cnc2n1. The molecule has 0 saturated carbocycles. The van der Waals surface area contributed by atoms with Crippen LogP contribution in [0.3, 0.4) is 0 Å². The van der Waals surface area contributed by atoms with Gasteiger partial charge in [0.15, 0.2) is 5.65 Å². The second-order valence-electron chi connectivity index (χ2n) is 2.53. The number of hydrogen-bond donors (Lipinski definition) is 2. The molecule has 14 heavy (non-hydrogen) atoms. The van der Waals surface area contributed by atoms with Gasteiger partial charge in [0, 0.05) is 0 Å². The van der Waals surface area contributed by atoms with Crippen LogP contribution in [-0.2, 0) is 0 Å². The lowest BCUT2D eigenvalue weighted by molar-refractivity contribution is 0.267. The number of nitrogens with two attached hydrogens (primary N) is 1. The molecule has 6 nitrogen and oxygen atoms in total. The van der Waals surface area contributed by atoms with Crippen LogP contribution >= 0.6 is 0 Å². The van der Waals surface area contributed by atoms with Crippen molar-refractivity contribution in [3.05, 3.63) is 6.33 Å². The third-order valence-corrected chi connectivity index (χ3v) is 1.59. The van der Waals surface area contributed by atoms with Crippen molar-refractivity contribution in [2.45, 2.75) is 0 Å². The smallest absolute Gasteiger partial charge is 0.245 e. The molecule has 74 valence electrons. The summed E-state index contributed by atoms with van der Waals surface area (Å²) in [7, 11) is 0. The third kappa shape index (κ3) is 1.43. The molecular weight excluding hydrogens is 189 g/mol. The van der Waals surface area contributed by atoms with Gasteiger partial charge in [-0.05, 0) is 0 Å². The maximum absolute atomic E-state index is 11.9. The molecular formula is C7H8FN5O. The van der Waals surface area contributed by atoms with E-state index in [0.29, 0.717) is 11.2 Å². The van der Waals surface area contributed by atoms with Gasteiger partial charge in [0.05, 0.1) is 6.33 Å². The molecule has 2 aromatic rings. The van der Waals surface area contributed by atoms with Crippen LogP contribution in [0.1, 0.15) is 0 Å². The van der Waals surface area contributed by atoms with Crippen molar-refractivity contribution in [1.29, 1.82) is 0 Å². The third-order valence-electron chi connectivity index (χ3n) is 1.59. The average Bonchev–Trinajstić information content (AvgIpc) is 2.61. The number of nitrogen functional groups attached to an aromatic ring is 1. The van der Waals surface area contributed by atoms with Crippen molar-refractivity contribution in [3.8, 4) is 5.88 Å². The van der Waals surface area contributed by atoms with Crippen molar-refractivity contribution < 1.29 is 9.13 Å². The molecule has 0 amide bonds. The maximum Gasteiger partial charge on any atom is 0.245 e. The molecule has 0 aromatic carbocycles. The summed E-state index contributed by atoms with van der Waals surface area (Å²) >= 11 is 0. The Morgan fingerprint density at radius 1 is 1.50 bits per heavy atom. The van der Waals surface area contributed by atoms with Gasteiger partial charge in [-0.15, -0.1) is 0 Å². The van der Waals surface area contributed by atoms with E-state index in [2.05, 4.69) is 19.9 Å². The quantitative estimate of drug-likeness (QED) is 0.737. The highest BCUT2D eigenvalue weighted by Crippen LogP contribution is 2.19. The summed E-state index contributed by atoms with van der Waals surface area (Å²) in [6.07, 6.45) is 1.45. The predicted octanol–water partition coefficient (Wildman–Crippen LogP) is 0.283. The first kappa shape index (κ1) is 8.67. The Morgan fingerprint density at radius 3 is 3.14 bits per heavy atom. The summed E-state index contributed by atoms with van der Waals surface area (Å²) in [6, 6.07) is 0. The molecule has 2 rings (SSSR count). The van der Waals surface area contributed by atoms with Gasteiger partial charge < -0.3 is 15.5 Å². The van der Waals surface area contributed by atoms with E-state index in [0.717, 1.165) is 0 Å². The second kappa shape index (κ2) is 3.44. The first-order valence-electron chi connectivity index (χ1n) is 3.96. The molecule has 0 radical (unpaired) electrons. The number of fused-ring (bicyclic) bond motifs is 1. The number of halogens is 1. The monoisotopic (exact) mass is 197 g/mol. The lowest BCUT2D eigenvalue weighted by atomic mass is 10.5. The van der Waals surface area contributed by atoms with Gasteiger partial charge in [-0.2, -0.15) is 9.97 Å². The molecule has 0 atom stereocenters. The lowest BCUT2D eigenvalue weighted by Gasteiger charge is -2.03. The Hall–Kier alpha value is -1.92. The van der Waals surface area contributed by atoms with E-state index in [4.69, 9.17) is 10.5 Å². The molecule has 2 aromatic heterocycles. The van der Waals surface area contributed by atoms with Crippen LogP contribution < -0.4 is 10.5 Å². The maximum atomic E-state index is 11.9. The largest absolute Gasteiger partial charge is 0.473 e. The van der Waals surface area contributed by atoms with Gasteiger partial charge in [-0.1, -0.05) is 0 Å². The molecule has 0 bridgehead atoms. The summed E-state index contributed by atoms with van der Waals surface area (Å²) in [5.74, 6) is 0.279. The number of alkyl halides is 1. The molecule has 7 heteroatoms. The highest BCUT2D eigenvalue weighted by molar-refractivity contribution is 5.76. The van der Waals surface area contributed by atoms with Crippen molar-refractivity contribution in [3.63, 3.8) is 0 Å². The lowest BCUT2D eigenvalue weighted by Crippen LogP contribution is -2.04. The zero-order chi connectivity index (χ0) is 9.97. The fourth-order valence-corrected chi connectivity index (χ4v) is 1.06. The summed E-state index contributed by atoms with van der Waals surface area (Å²) < 4.78 is 16.9. The zero-order valence-electron chi connectivity index (χ0n) is 7.20. The van der Waals surface area contributed by atoms with Crippen LogP contribution in [-0.4, -0.2) is 33.2 Å². The number of rotatable bonds is 3. The predicted molar refractivity (Wildman–Crippen MR) is 47.6 cm³/mol. The highest BCUT2D eigenvalue weighted by atomic mass is 19.1. The van der Waals surface area contributed by atoms with E-state index < -0.39 is 6.67 Å². The fraction of sp³-hybridized carbons (Fsp3) is 0.286. The van der Waals surface area contributed by atoms with E-state index in [1.165, 1.54) is 6.33 Å². The van der Waals surface area contributed by atoms with Gasteiger partial charge in [0.1, 0.15) is 18.8 Å². The topological polar surface area (TPSA) is 89.7 Å². The number of ether oxygens (including phenoxy) is 1. The molecule has 0 aliphatic rings. The Labute approximate surface area is 78.3 Å². The van der Waals surface area contributed by atoms with Gasteiger partial charge in [0.2, 0.25) is 11.8 Å². The summed E-state index contributed by atoms with van der Waals surface area (Å²) in [6.45, 7) is -0.649. The summed E-state index contributed by atoms with van der Waals surface area (Å²) in [5, 5.41) is 0. The van der Waals surface area contributed by atoms with Crippen LogP contribution in [0.4, 0.5) is 10.3 Å². The molecule has 0 unspecified atom stereocenters. The second-order valence-corrected chi connectivity index (χ2v) is 2.53. The standard InChI is InChI=1S/C7H8FN5O/c8-1-2-14-6-4-5(11-3-10-4)12-7(9)13-6/h3H,1-2H2,(H3,9,10,11,12,13). The summed E-state index contributed by atoms with van der Waals surface area (Å²) in [5.41, 5.74) is 6.34. The molecule has 2 heterocycles. The first-order valence-corrected chi connectivity index (χ1v) is 3.96. The van der Waals surface area contributed by atoms with Gasteiger partial charge in [0.25, 0.3) is 0 Å². The minimum Gasteiger partial charge on any atom is -0.473 e. The van der Waals surface area contributed by atoms with Crippen LogP contribution in [0.5, 0.6) is 5.88 Å². The average molecular weight is 197 g/mol. The first-order chi connectivity index (χ1) is 6.81. The van der Waals surface area contributed by atoms with E-state index in [1.807, 2.05) is 0 Å². The molecule has 0 aliphatic carbocycles. The number of aromatic amines is 1. The van der Waals surface area contributed by atoms with Gasteiger partial charge in [-0.3, -0.25) is 0 Å². The number of nitrogens with one attached hydrogen (secondary N) is 1. The van der Waals surface area contributed by atoms with Crippen LogP contribution in [0, 0.1) is 0 Å². The van der Waals surface area contributed by atoms with Crippen molar-refractivity contribution >= 4 is 17.1 Å². The normalized spacial score (nSPS) is 10.6. The van der Waals surface area contributed by atoms with Gasteiger partial charge >= 0.3 is 0 Å². The summed E-state index contributed by atoms with van der Waals surface area (Å²) in [4.78, 5) is 14.3. The van der Waals surface area contributed by atoms with Crippen LogP contribution in [0.2, 0.25) is 0 Å². The Morgan fingerprint density at radius 2 is 2.36 bits per heavy atom. The van der Waals surface area contributed by atoms with E-state index in [9.17, 15) is 4.39 Å². The number of hydrogen-bond acceptors (Lipinski definition) is 5. The van der Waals surface area contributed by atoms with Crippen molar-refractivity contribution in [2.75, 3.05) is 19.0 Å². The van der Waals surface area contributed by atoms with Crippen LogP contribution in [0.15, 0.2) is 6.33 Å². The van der Waals surface area contributed by atoms with Crippen molar-refractivity contribution in [2.24, 2.45) is 0 Å². The number of anilines is 1. The Kier molecular flexibility index (Phi) is 2.13.